The van der Waals surface area contributed by atoms with E-state index in [1.54, 1.807) is 12.5 Å². The third-order valence-electron chi connectivity index (χ3n) is 2.25. The highest BCUT2D eigenvalue weighted by atomic mass is 35.5. The molecule has 0 saturated heterocycles. The molecule has 12 heavy (non-hydrogen) atoms. The third kappa shape index (κ3) is 1.75. The predicted molar refractivity (Wildman–Crippen MR) is 49.7 cm³/mol. The molecule has 0 spiro atoms. The Hall–Kier alpha value is -0.210. The summed E-state index contributed by atoms with van der Waals surface area (Å²) in [5.74, 6) is 0. The second-order valence-electron chi connectivity index (χ2n) is 3.31. The number of aromatic nitrogens is 2. The molecule has 1 aliphatic rings. The van der Waals surface area contributed by atoms with E-state index in [1.165, 1.54) is 0 Å². The lowest BCUT2D eigenvalue weighted by Crippen LogP contribution is -2.05. The molecule has 0 unspecified atom stereocenters. The number of alkyl halides is 1. The topological polar surface area (TPSA) is 17.8 Å². The molecule has 1 heterocycles. The third-order valence-corrected chi connectivity index (χ3v) is 3.14. The number of aryl methyl sites for hydroxylation is 1. The van der Waals surface area contributed by atoms with Crippen molar-refractivity contribution in [3.8, 4) is 0 Å². The number of hydrogen-bond donors (Lipinski definition) is 0. The van der Waals surface area contributed by atoms with Crippen molar-refractivity contribution in [2.75, 3.05) is 0 Å². The van der Waals surface area contributed by atoms with Crippen LogP contribution in [0.25, 0.3) is 0 Å². The van der Waals surface area contributed by atoms with Gasteiger partial charge in [-0.05, 0) is 19.3 Å². The smallest absolute Gasteiger partial charge is 0.128 e. The van der Waals surface area contributed by atoms with Crippen molar-refractivity contribution in [2.24, 2.45) is 0 Å². The van der Waals surface area contributed by atoms with Gasteiger partial charge in [-0.15, -0.1) is 11.6 Å². The SMILES string of the molecule is Clc1cncn1CCC1(Cl)CC1. The summed E-state index contributed by atoms with van der Waals surface area (Å²) in [6, 6.07) is 0. The first-order valence-corrected chi connectivity index (χ1v) is 4.80. The molecule has 0 aromatic carbocycles. The van der Waals surface area contributed by atoms with Crippen LogP contribution in [-0.2, 0) is 6.54 Å². The van der Waals surface area contributed by atoms with Gasteiger partial charge in [0.2, 0.25) is 0 Å². The number of hydrogen-bond acceptors (Lipinski definition) is 1. The summed E-state index contributed by atoms with van der Waals surface area (Å²) in [7, 11) is 0. The maximum absolute atomic E-state index is 6.14. The van der Waals surface area contributed by atoms with E-state index in [-0.39, 0.29) is 4.87 Å². The average Bonchev–Trinajstić information content (AvgIpc) is 2.61. The zero-order valence-corrected chi connectivity index (χ0v) is 8.15. The van der Waals surface area contributed by atoms with Crippen molar-refractivity contribution >= 4 is 23.2 Å². The number of halogens is 2. The number of imidazole rings is 1. The van der Waals surface area contributed by atoms with E-state index >= 15 is 0 Å². The van der Waals surface area contributed by atoms with Gasteiger partial charge in [0.25, 0.3) is 0 Å². The van der Waals surface area contributed by atoms with Gasteiger partial charge in [0.15, 0.2) is 0 Å². The van der Waals surface area contributed by atoms with Crippen LogP contribution in [0.4, 0.5) is 0 Å². The van der Waals surface area contributed by atoms with Crippen LogP contribution in [0.2, 0.25) is 5.15 Å². The molecule has 66 valence electrons. The Bertz CT molecular complexity index is 278. The normalized spacial score (nSPS) is 19.5. The summed E-state index contributed by atoms with van der Waals surface area (Å²) in [5.41, 5.74) is 0. The predicted octanol–water partition coefficient (Wildman–Crippen LogP) is 2.70. The van der Waals surface area contributed by atoms with E-state index in [2.05, 4.69) is 4.98 Å². The first-order valence-electron chi connectivity index (χ1n) is 4.04. The van der Waals surface area contributed by atoms with Gasteiger partial charge in [0.1, 0.15) is 5.15 Å². The van der Waals surface area contributed by atoms with Crippen LogP contribution in [0.15, 0.2) is 12.5 Å². The quantitative estimate of drug-likeness (QED) is 0.693. The van der Waals surface area contributed by atoms with Crippen LogP contribution in [0.5, 0.6) is 0 Å². The molecule has 0 amide bonds. The monoisotopic (exact) mass is 204 g/mol. The van der Waals surface area contributed by atoms with Crippen molar-refractivity contribution < 1.29 is 0 Å². The molecule has 1 saturated carbocycles. The Morgan fingerprint density at radius 3 is 2.83 bits per heavy atom. The molecular weight excluding hydrogens is 195 g/mol. The number of rotatable bonds is 3. The highest BCUT2D eigenvalue weighted by Crippen LogP contribution is 2.45. The molecule has 1 aliphatic carbocycles. The lowest BCUT2D eigenvalue weighted by molar-refractivity contribution is 0.615. The minimum atomic E-state index is 0.0770. The highest BCUT2D eigenvalue weighted by Gasteiger charge is 2.39. The van der Waals surface area contributed by atoms with Gasteiger partial charge in [-0.1, -0.05) is 11.6 Å². The van der Waals surface area contributed by atoms with E-state index in [0.29, 0.717) is 5.15 Å². The zero-order valence-electron chi connectivity index (χ0n) is 6.63. The molecular formula is C8H10Cl2N2. The Morgan fingerprint density at radius 1 is 1.58 bits per heavy atom. The highest BCUT2D eigenvalue weighted by molar-refractivity contribution is 6.29. The van der Waals surface area contributed by atoms with Gasteiger partial charge < -0.3 is 4.57 Å². The standard InChI is InChI=1S/C8H10Cl2N2/c9-7-5-11-6-12(7)4-3-8(10)1-2-8/h5-6H,1-4H2. The van der Waals surface area contributed by atoms with Crippen LogP contribution in [0.1, 0.15) is 19.3 Å². The minimum absolute atomic E-state index is 0.0770. The molecule has 0 aliphatic heterocycles. The summed E-state index contributed by atoms with van der Waals surface area (Å²) >= 11 is 12.0. The van der Waals surface area contributed by atoms with Crippen LogP contribution in [0.3, 0.4) is 0 Å². The van der Waals surface area contributed by atoms with E-state index < -0.39 is 0 Å². The van der Waals surface area contributed by atoms with Gasteiger partial charge in [-0.25, -0.2) is 4.98 Å². The van der Waals surface area contributed by atoms with Crippen LogP contribution in [-0.4, -0.2) is 14.4 Å². The summed E-state index contributed by atoms with van der Waals surface area (Å²) in [5, 5.41) is 0.691. The molecule has 1 fully saturated rings. The zero-order chi connectivity index (χ0) is 8.60. The van der Waals surface area contributed by atoms with E-state index in [0.717, 1.165) is 25.8 Å². The van der Waals surface area contributed by atoms with Crippen molar-refractivity contribution in [1.82, 2.24) is 9.55 Å². The largest absolute Gasteiger partial charge is 0.322 e. The van der Waals surface area contributed by atoms with Crippen molar-refractivity contribution in [3.05, 3.63) is 17.7 Å². The van der Waals surface area contributed by atoms with Gasteiger partial charge in [0, 0.05) is 11.4 Å². The molecule has 0 bridgehead atoms. The molecule has 4 heteroatoms. The Kier molecular flexibility index (Phi) is 2.05. The van der Waals surface area contributed by atoms with Crippen molar-refractivity contribution in [2.45, 2.75) is 30.7 Å². The molecule has 1 aromatic rings. The van der Waals surface area contributed by atoms with Gasteiger partial charge >= 0.3 is 0 Å². The van der Waals surface area contributed by atoms with E-state index in [9.17, 15) is 0 Å². The first-order chi connectivity index (χ1) is 5.70. The maximum atomic E-state index is 6.14. The summed E-state index contributed by atoms with van der Waals surface area (Å²) in [4.78, 5) is 4.01. The fourth-order valence-electron chi connectivity index (χ4n) is 1.18. The second-order valence-corrected chi connectivity index (χ2v) is 4.50. The summed E-state index contributed by atoms with van der Waals surface area (Å²) in [6.45, 7) is 0.877. The molecule has 0 atom stereocenters. The van der Waals surface area contributed by atoms with Crippen molar-refractivity contribution in [3.63, 3.8) is 0 Å². The fraction of sp³-hybridized carbons (Fsp3) is 0.625. The van der Waals surface area contributed by atoms with E-state index in [4.69, 9.17) is 23.2 Å². The molecule has 1 aromatic heterocycles. The van der Waals surface area contributed by atoms with Gasteiger partial charge in [0.05, 0.1) is 12.5 Å². The summed E-state index contributed by atoms with van der Waals surface area (Å²) < 4.78 is 1.92. The van der Waals surface area contributed by atoms with Crippen LogP contribution >= 0.6 is 23.2 Å². The van der Waals surface area contributed by atoms with Crippen LogP contribution < -0.4 is 0 Å². The summed E-state index contributed by atoms with van der Waals surface area (Å²) in [6.07, 6.45) is 6.66. The molecule has 0 N–H and O–H groups in total. The van der Waals surface area contributed by atoms with Gasteiger partial charge in [-0.3, -0.25) is 0 Å². The maximum Gasteiger partial charge on any atom is 0.128 e. The molecule has 0 radical (unpaired) electrons. The lowest BCUT2D eigenvalue weighted by Gasteiger charge is -2.06. The van der Waals surface area contributed by atoms with Crippen LogP contribution in [0, 0.1) is 0 Å². The Morgan fingerprint density at radius 2 is 2.33 bits per heavy atom. The first kappa shape index (κ1) is 8.39. The minimum Gasteiger partial charge on any atom is -0.322 e. The average molecular weight is 205 g/mol. The Labute approximate surface area is 81.5 Å². The second kappa shape index (κ2) is 2.93. The number of nitrogens with zero attached hydrogens (tertiary/aromatic N) is 2. The van der Waals surface area contributed by atoms with Crippen molar-refractivity contribution in [1.29, 1.82) is 0 Å². The van der Waals surface area contributed by atoms with Gasteiger partial charge in [-0.2, -0.15) is 0 Å². The molecule has 2 nitrogen and oxygen atoms in total. The van der Waals surface area contributed by atoms with E-state index in [1.807, 2.05) is 4.57 Å². The lowest BCUT2D eigenvalue weighted by atomic mass is 10.3. The Balaban J connectivity index is 1.91. The fourth-order valence-corrected chi connectivity index (χ4v) is 1.54. The molecule has 2 rings (SSSR count).